The molecule has 43 heavy (non-hydrogen) atoms. The number of alkyl halides is 2. The van der Waals surface area contributed by atoms with E-state index in [9.17, 15) is 18.4 Å². The highest BCUT2D eigenvalue weighted by Gasteiger charge is 2.37. The number of aliphatic hydroxyl groups excluding tert-OH is 1. The van der Waals surface area contributed by atoms with Crippen LogP contribution in [0.2, 0.25) is 0 Å². The first-order valence-corrected chi connectivity index (χ1v) is 14.6. The van der Waals surface area contributed by atoms with Gasteiger partial charge in [0.2, 0.25) is 11.8 Å². The van der Waals surface area contributed by atoms with E-state index in [1.165, 1.54) is 10.5 Å². The molecule has 9 nitrogen and oxygen atoms in total. The molecule has 0 bridgehead atoms. The number of halogens is 2. The molecule has 2 aromatic rings. The van der Waals surface area contributed by atoms with Crippen molar-refractivity contribution in [2.24, 2.45) is 0 Å². The highest BCUT2D eigenvalue weighted by atomic mass is 19.3. The average molecular weight is 599 g/mol. The summed E-state index contributed by atoms with van der Waals surface area (Å²) in [6.45, 7) is 6.78. The van der Waals surface area contributed by atoms with E-state index in [-0.39, 0.29) is 43.0 Å². The van der Waals surface area contributed by atoms with Gasteiger partial charge in [0.1, 0.15) is 12.3 Å². The van der Waals surface area contributed by atoms with Crippen molar-refractivity contribution in [1.29, 1.82) is 5.26 Å². The summed E-state index contributed by atoms with van der Waals surface area (Å²) in [6, 6.07) is 8.78. The number of benzene rings is 1. The third kappa shape index (κ3) is 8.86. The summed E-state index contributed by atoms with van der Waals surface area (Å²) in [5.74, 6) is -2.84. The van der Waals surface area contributed by atoms with Crippen LogP contribution in [0.25, 0.3) is 0 Å². The predicted octanol–water partition coefficient (Wildman–Crippen LogP) is 4.42. The van der Waals surface area contributed by atoms with Crippen LogP contribution in [0, 0.1) is 11.5 Å². The van der Waals surface area contributed by atoms with E-state index in [2.05, 4.69) is 43.2 Å². The van der Waals surface area contributed by atoms with Gasteiger partial charge in [-0.25, -0.2) is 8.78 Å². The Labute approximate surface area is 253 Å². The van der Waals surface area contributed by atoms with Crippen LogP contribution >= 0.6 is 0 Å². The molecule has 1 saturated carbocycles. The number of aliphatic hydroxyl groups is 1. The number of carbonyl (C=O) groups is 2. The van der Waals surface area contributed by atoms with Crippen LogP contribution < -0.4 is 15.1 Å². The number of likely N-dealkylation sites (tertiary alicyclic amines) is 1. The smallest absolute Gasteiger partial charge is 0.248 e. The number of rotatable bonds is 7. The van der Waals surface area contributed by atoms with Gasteiger partial charge in [0.05, 0.1) is 18.7 Å². The number of nitrogens with one attached hydrogen (secondary N) is 1. The number of aromatic nitrogens is 1. The fraction of sp³-hybridized carbons (Fsp3) is 0.562. The monoisotopic (exact) mass is 598 g/mol. The van der Waals surface area contributed by atoms with E-state index in [0.717, 1.165) is 16.9 Å². The molecule has 1 aromatic carbocycles. The van der Waals surface area contributed by atoms with Crippen molar-refractivity contribution < 1.29 is 23.5 Å². The number of hydrogen-bond acceptors (Lipinski definition) is 8. The van der Waals surface area contributed by atoms with Gasteiger partial charge < -0.3 is 25.0 Å². The van der Waals surface area contributed by atoms with Gasteiger partial charge in [0.25, 0.3) is 0 Å². The van der Waals surface area contributed by atoms with E-state index in [4.69, 9.17) is 10.4 Å². The van der Waals surface area contributed by atoms with Gasteiger partial charge in [-0.2, -0.15) is 5.26 Å². The van der Waals surface area contributed by atoms with Crippen molar-refractivity contribution in [1.82, 2.24) is 15.2 Å². The van der Waals surface area contributed by atoms with Gasteiger partial charge in [-0.15, -0.1) is 0 Å². The number of aldehydes is 1. The number of anilines is 2. The molecule has 2 N–H and O–H groups in total. The van der Waals surface area contributed by atoms with Crippen molar-refractivity contribution in [3.8, 4) is 6.19 Å². The number of pyridine rings is 1. The summed E-state index contributed by atoms with van der Waals surface area (Å²) in [5.41, 5.74) is 3.78. The molecule has 0 radical (unpaired) electrons. The first kappa shape index (κ1) is 33.7. The first-order chi connectivity index (χ1) is 20.2. The summed E-state index contributed by atoms with van der Waals surface area (Å²) < 4.78 is 27.2. The minimum Gasteiger partial charge on any atom is -0.391 e. The Bertz CT molecular complexity index is 1270. The van der Waals surface area contributed by atoms with Crippen molar-refractivity contribution >= 4 is 23.6 Å². The lowest BCUT2D eigenvalue weighted by atomic mass is 9.87. The molecular formula is C32H44F2N6O3. The number of nitriles is 1. The number of carbonyl (C=O) groups excluding carboxylic acids is 2. The number of amides is 1. The predicted molar refractivity (Wildman–Crippen MR) is 163 cm³/mol. The van der Waals surface area contributed by atoms with Crippen LogP contribution in [0.5, 0.6) is 0 Å². The van der Waals surface area contributed by atoms with Crippen LogP contribution in [-0.4, -0.2) is 79.0 Å². The molecule has 1 aliphatic carbocycles. The molecule has 2 fully saturated rings. The van der Waals surface area contributed by atoms with Crippen molar-refractivity contribution in [2.75, 3.05) is 37.5 Å². The van der Waals surface area contributed by atoms with E-state index >= 15 is 0 Å². The van der Waals surface area contributed by atoms with Gasteiger partial charge in [-0.3, -0.25) is 14.7 Å². The summed E-state index contributed by atoms with van der Waals surface area (Å²) in [5, 5.41) is 20.4. The summed E-state index contributed by atoms with van der Waals surface area (Å²) in [7, 11) is 5.74. The third-order valence-electron chi connectivity index (χ3n) is 8.05. The summed E-state index contributed by atoms with van der Waals surface area (Å²) in [4.78, 5) is 33.3. The van der Waals surface area contributed by atoms with E-state index in [1.54, 1.807) is 12.4 Å². The molecule has 0 spiro atoms. The number of nitrogens with zero attached hydrogens (tertiary/aromatic N) is 5. The maximum Gasteiger partial charge on any atom is 0.248 e. The van der Waals surface area contributed by atoms with Crippen LogP contribution in [0.3, 0.4) is 0 Å². The summed E-state index contributed by atoms with van der Waals surface area (Å²) in [6.07, 6.45) is 6.00. The highest BCUT2D eigenvalue weighted by molar-refractivity contribution is 5.88. The van der Waals surface area contributed by atoms with Crippen molar-refractivity contribution in [2.45, 2.75) is 88.4 Å². The normalized spacial score (nSPS) is 20.7. The molecule has 3 atom stereocenters. The lowest BCUT2D eigenvalue weighted by Gasteiger charge is -2.35. The van der Waals surface area contributed by atoms with E-state index < -0.39 is 24.1 Å². The van der Waals surface area contributed by atoms with Crippen LogP contribution in [0.1, 0.15) is 70.0 Å². The zero-order chi connectivity index (χ0) is 31.9. The summed E-state index contributed by atoms with van der Waals surface area (Å²) >= 11 is 0. The van der Waals surface area contributed by atoms with Gasteiger partial charge in [0.15, 0.2) is 6.19 Å². The molecule has 4 rings (SSSR count). The standard InChI is InChI=1S/C26H36F2N4O.C6H8N2O2/c1-25(2,3)18-7-9-20(10-8-18)32(6)23(21-17-29-16-13-22(21)31(4)5)24(33)30-19-11-14-26(27,28)15-12-19;7-4-8-2-6(10)1-5(8)3-9/h7-10,13,16-17,19,23H,11-12,14-15H2,1-6H3,(H,30,33);3,5-6,10H,1-2H2. The van der Waals surface area contributed by atoms with E-state index in [1.807, 2.05) is 55.3 Å². The minimum atomic E-state index is -2.63. The second-order valence-corrected chi connectivity index (χ2v) is 12.6. The second-order valence-electron chi connectivity index (χ2n) is 12.6. The molecule has 234 valence electrons. The fourth-order valence-electron chi connectivity index (χ4n) is 5.44. The molecule has 11 heteroatoms. The lowest BCUT2D eigenvalue weighted by Crippen LogP contribution is -2.46. The molecule has 1 saturated heterocycles. The lowest BCUT2D eigenvalue weighted by molar-refractivity contribution is -0.124. The Morgan fingerprint density at radius 3 is 2.33 bits per heavy atom. The Balaban J connectivity index is 0.000000428. The Morgan fingerprint density at radius 1 is 1.19 bits per heavy atom. The molecule has 2 aliphatic rings. The van der Waals surface area contributed by atoms with Crippen LogP contribution in [0.15, 0.2) is 42.7 Å². The molecule has 2 heterocycles. The van der Waals surface area contributed by atoms with Gasteiger partial charge >= 0.3 is 0 Å². The van der Waals surface area contributed by atoms with Gasteiger partial charge in [-0.1, -0.05) is 32.9 Å². The zero-order valence-corrected chi connectivity index (χ0v) is 25.9. The maximum atomic E-state index is 13.6. The fourth-order valence-corrected chi connectivity index (χ4v) is 5.44. The molecule has 1 aromatic heterocycles. The Morgan fingerprint density at radius 2 is 1.81 bits per heavy atom. The zero-order valence-electron chi connectivity index (χ0n) is 25.9. The highest BCUT2D eigenvalue weighted by Crippen LogP contribution is 2.35. The van der Waals surface area contributed by atoms with Gasteiger partial charge in [0, 0.05) is 75.8 Å². The minimum absolute atomic E-state index is 0.0262. The number of β-amino-alcohol motifs (C(OH)–C–C–N with tert-alkyl or cyclic N) is 1. The molecule has 1 amide bonds. The molecule has 1 aliphatic heterocycles. The maximum absolute atomic E-state index is 13.6. The first-order valence-electron chi connectivity index (χ1n) is 14.6. The largest absolute Gasteiger partial charge is 0.391 e. The van der Waals surface area contributed by atoms with E-state index in [0.29, 0.717) is 19.3 Å². The quantitative estimate of drug-likeness (QED) is 0.356. The molecular weight excluding hydrogens is 554 g/mol. The topological polar surface area (TPSA) is 113 Å². The Hall–Kier alpha value is -3.78. The Kier molecular flexibility index (Phi) is 11.1. The van der Waals surface area contributed by atoms with Crippen LogP contribution in [0.4, 0.5) is 20.2 Å². The molecule has 3 unspecified atom stereocenters. The van der Waals surface area contributed by atoms with Crippen molar-refractivity contribution in [3.05, 3.63) is 53.9 Å². The average Bonchev–Trinajstić information content (AvgIpc) is 3.34. The van der Waals surface area contributed by atoms with Gasteiger partial charge in [-0.05, 0) is 42.0 Å². The number of likely N-dealkylation sites (N-methyl/N-ethyl adjacent to an activating group) is 1. The second kappa shape index (κ2) is 14.1. The van der Waals surface area contributed by atoms with Crippen molar-refractivity contribution in [3.63, 3.8) is 0 Å². The van der Waals surface area contributed by atoms with Crippen LogP contribution in [-0.2, 0) is 15.0 Å². The number of hydrogen-bond donors (Lipinski definition) is 2. The SMILES string of the molecule is CN(C)c1ccncc1C(C(=O)NC1CCC(F)(F)CC1)N(C)c1ccc(C(C)(C)C)cc1.N#CN1CC(O)CC1C=O. The third-order valence-corrected chi connectivity index (χ3v) is 8.05.